The van der Waals surface area contributed by atoms with Crippen LogP contribution < -0.4 is 5.32 Å². The summed E-state index contributed by atoms with van der Waals surface area (Å²) in [6, 6.07) is 3.27. The summed E-state index contributed by atoms with van der Waals surface area (Å²) >= 11 is 1.68. The van der Waals surface area contributed by atoms with Gasteiger partial charge in [-0.3, -0.25) is 9.59 Å². The van der Waals surface area contributed by atoms with Crippen LogP contribution in [0.15, 0.2) is 12.1 Å². The van der Waals surface area contributed by atoms with Crippen LogP contribution >= 0.6 is 11.3 Å². The zero-order chi connectivity index (χ0) is 14.9. The first-order chi connectivity index (χ1) is 9.45. The maximum atomic E-state index is 12.6. The second kappa shape index (κ2) is 5.95. The SMILES string of the molecule is CCCC1NC(=O)C(C)N(C(C)c2ccc(C)s2)C1=O. The number of nitrogens with zero attached hydrogens (tertiary/aromatic N) is 1. The fourth-order valence-electron chi connectivity index (χ4n) is 2.68. The molecule has 2 heterocycles. The van der Waals surface area contributed by atoms with Gasteiger partial charge in [-0.15, -0.1) is 11.3 Å². The van der Waals surface area contributed by atoms with Gasteiger partial charge in [-0.25, -0.2) is 0 Å². The Kier molecular flexibility index (Phi) is 4.48. The van der Waals surface area contributed by atoms with Crippen molar-refractivity contribution in [1.29, 1.82) is 0 Å². The van der Waals surface area contributed by atoms with Crippen molar-refractivity contribution in [3.8, 4) is 0 Å². The molecule has 2 rings (SSSR count). The third-order valence-electron chi connectivity index (χ3n) is 3.83. The van der Waals surface area contributed by atoms with Gasteiger partial charge in [0.1, 0.15) is 12.1 Å². The fraction of sp³-hybridized carbons (Fsp3) is 0.600. The van der Waals surface area contributed by atoms with E-state index in [2.05, 4.69) is 18.3 Å². The summed E-state index contributed by atoms with van der Waals surface area (Å²) in [7, 11) is 0. The number of carbonyl (C=O) groups excluding carboxylic acids is 2. The molecule has 1 aromatic rings. The van der Waals surface area contributed by atoms with Gasteiger partial charge in [-0.2, -0.15) is 0 Å². The Morgan fingerprint density at radius 3 is 2.65 bits per heavy atom. The molecule has 1 N–H and O–H groups in total. The van der Waals surface area contributed by atoms with E-state index in [9.17, 15) is 9.59 Å². The van der Waals surface area contributed by atoms with E-state index in [1.807, 2.05) is 19.9 Å². The quantitative estimate of drug-likeness (QED) is 0.928. The number of rotatable bonds is 4. The Morgan fingerprint density at radius 2 is 2.10 bits per heavy atom. The molecular formula is C15H22N2O2S. The normalized spacial score (nSPS) is 24.7. The molecule has 1 aliphatic heterocycles. The molecule has 4 nitrogen and oxygen atoms in total. The van der Waals surface area contributed by atoms with Crippen molar-refractivity contribution < 1.29 is 9.59 Å². The molecule has 0 aromatic carbocycles. The highest BCUT2D eigenvalue weighted by Gasteiger charge is 2.40. The Morgan fingerprint density at radius 1 is 1.40 bits per heavy atom. The van der Waals surface area contributed by atoms with E-state index >= 15 is 0 Å². The predicted molar refractivity (Wildman–Crippen MR) is 80.6 cm³/mol. The molecule has 110 valence electrons. The summed E-state index contributed by atoms with van der Waals surface area (Å²) in [6.07, 6.45) is 1.58. The molecule has 1 aromatic heterocycles. The molecule has 0 aliphatic carbocycles. The fourth-order valence-corrected chi connectivity index (χ4v) is 3.60. The summed E-state index contributed by atoms with van der Waals surface area (Å²) in [4.78, 5) is 28.8. The van der Waals surface area contributed by atoms with Crippen molar-refractivity contribution in [1.82, 2.24) is 10.2 Å². The zero-order valence-corrected chi connectivity index (χ0v) is 13.3. The first-order valence-corrected chi connectivity index (χ1v) is 7.96. The standard InChI is InChI=1S/C15H22N2O2S/c1-5-6-12-15(19)17(11(4)14(18)16-12)10(3)13-8-7-9(2)20-13/h7-8,10-12H,5-6H2,1-4H3,(H,16,18). The smallest absolute Gasteiger partial charge is 0.246 e. The Labute approximate surface area is 124 Å². The average molecular weight is 294 g/mol. The summed E-state index contributed by atoms with van der Waals surface area (Å²) in [6.45, 7) is 7.87. The Bertz CT molecular complexity index is 512. The van der Waals surface area contributed by atoms with Gasteiger partial charge in [-0.1, -0.05) is 13.3 Å². The summed E-state index contributed by atoms with van der Waals surface area (Å²) in [5.74, 6) is -0.0133. The highest BCUT2D eigenvalue weighted by atomic mass is 32.1. The maximum Gasteiger partial charge on any atom is 0.246 e. The Balaban J connectivity index is 2.26. The second-order valence-electron chi connectivity index (χ2n) is 5.40. The van der Waals surface area contributed by atoms with Crippen molar-refractivity contribution in [2.24, 2.45) is 0 Å². The van der Waals surface area contributed by atoms with Crippen LogP contribution in [0.5, 0.6) is 0 Å². The number of thiophene rings is 1. The van der Waals surface area contributed by atoms with Crippen molar-refractivity contribution >= 4 is 23.2 Å². The molecule has 2 amide bonds. The molecule has 0 saturated carbocycles. The number of amides is 2. The molecule has 0 radical (unpaired) electrons. The van der Waals surface area contributed by atoms with Crippen molar-refractivity contribution in [2.75, 3.05) is 0 Å². The highest BCUT2D eigenvalue weighted by molar-refractivity contribution is 7.12. The molecule has 3 unspecified atom stereocenters. The van der Waals surface area contributed by atoms with Gasteiger partial charge in [0.05, 0.1) is 6.04 Å². The lowest BCUT2D eigenvalue weighted by atomic mass is 10.0. The van der Waals surface area contributed by atoms with E-state index in [4.69, 9.17) is 0 Å². The van der Waals surface area contributed by atoms with Crippen LogP contribution in [-0.4, -0.2) is 28.8 Å². The van der Waals surface area contributed by atoms with Crippen molar-refractivity contribution in [3.05, 3.63) is 21.9 Å². The minimum Gasteiger partial charge on any atom is -0.343 e. The maximum absolute atomic E-state index is 12.6. The van der Waals surface area contributed by atoms with E-state index in [0.29, 0.717) is 6.42 Å². The number of nitrogens with one attached hydrogen (secondary N) is 1. The van der Waals surface area contributed by atoms with Crippen LogP contribution in [0.3, 0.4) is 0 Å². The number of hydrogen-bond acceptors (Lipinski definition) is 3. The highest BCUT2D eigenvalue weighted by Crippen LogP contribution is 2.31. The van der Waals surface area contributed by atoms with Crippen LogP contribution in [0.25, 0.3) is 0 Å². The monoisotopic (exact) mass is 294 g/mol. The van der Waals surface area contributed by atoms with Gasteiger partial charge in [0, 0.05) is 9.75 Å². The minimum atomic E-state index is -0.409. The number of piperazine rings is 1. The number of hydrogen-bond donors (Lipinski definition) is 1. The summed E-state index contributed by atoms with van der Waals surface area (Å²) in [5.41, 5.74) is 0. The molecule has 1 saturated heterocycles. The van der Waals surface area contributed by atoms with Crippen LogP contribution in [-0.2, 0) is 9.59 Å². The van der Waals surface area contributed by atoms with Crippen molar-refractivity contribution in [3.63, 3.8) is 0 Å². The number of carbonyl (C=O) groups is 2. The first kappa shape index (κ1) is 15.0. The molecular weight excluding hydrogens is 272 g/mol. The second-order valence-corrected chi connectivity index (χ2v) is 6.72. The third-order valence-corrected chi connectivity index (χ3v) is 5.00. The van der Waals surface area contributed by atoms with Gasteiger partial charge < -0.3 is 10.2 Å². The lowest BCUT2D eigenvalue weighted by Gasteiger charge is -2.40. The van der Waals surface area contributed by atoms with E-state index in [0.717, 1.165) is 11.3 Å². The van der Waals surface area contributed by atoms with E-state index in [1.165, 1.54) is 4.88 Å². The molecule has 20 heavy (non-hydrogen) atoms. The molecule has 1 aliphatic rings. The molecule has 3 atom stereocenters. The van der Waals surface area contributed by atoms with Crippen LogP contribution in [0.1, 0.15) is 49.4 Å². The van der Waals surface area contributed by atoms with E-state index < -0.39 is 6.04 Å². The van der Waals surface area contributed by atoms with Crippen LogP contribution in [0.2, 0.25) is 0 Å². The molecule has 1 fully saturated rings. The van der Waals surface area contributed by atoms with Gasteiger partial charge in [0.25, 0.3) is 0 Å². The average Bonchev–Trinajstić information content (AvgIpc) is 2.83. The summed E-state index contributed by atoms with van der Waals surface area (Å²) < 4.78 is 0. The molecule has 0 bridgehead atoms. The van der Waals surface area contributed by atoms with E-state index in [1.54, 1.807) is 23.2 Å². The van der Waals surface area contributed by atoms with Crippen LogP contribution in [0, 0.1) is 6.92 Å². The minimum absolute atomic E-state index is 0.0394. The van der Waals surface area contributed by atoms with Gasteiger partial charge in [0.2, 0.25) is 11.8 Å². The molecule has 5 heteroatoms. The lowest BCUT2D eigenvalue weighted by Crippen LogP contribution is -2.62. The first-order valence-electron chi connectivity index (χ1n) is 7.14. The van der Waals surface area contributed by atoms with Gasteiger partial charge in [-0.05, 0) is 39.3 Å². The van der Waals surface area contributed by atoms with Crippen LogP contribution in [0.4, 0.5) is 0 Å². The predicted octanol–water partition coefficient (Wildman–Crippen LogP) is 2.63. The van der Waals surface area contributed by atoms with Gasteiger partial charge >= 0.3 is 0 Å². The largest absolute Gasteiger partial charge is 0.343 e. The van der Waals surface area contributed by atoms with Crippen molar-refractivity contribution in [2.45, 2.75) is 58.7 Å². The number of aryl methyl sites for hydroxylation is 1. The van der Waals surface area contributed by atoms with E-state index in [-0.39, 0.29) is 23.9 Å². The summed E-state index contributed by atoms with van der Waals surface area (Å²) in [5, 5.41) is 2.83. The Hall–Kier alpha value is -1.36. The lowest BCUT2D eigenvalue weighted by molar-refractivity contribution is -0.151. The van der Waals surface area contributed by atoms with Gasteiger partial charge in [0.15, 0.2) is 0 Å². The third kappa shape index (κ3) is 2.73. The topological polar surface area (TPSA) is 49.4 Å². The molecule has 0 spiro atoms. The zero-order valence-electron chi connectivity index (χ0n) is 12.5.